The highest BCUT2D eigenvalue weighted by molar-refractivity contribution is 5.60. The maximum atomic E-state index is 13.5. The van der Waals surface area contributed by atoms with Gasteiger partial charge in [-0.1, -0.05) is 0 Å². The maximum absolute atomic E-state index is 13.5. The zero-order valence-electron chi connectivity index (χ0n) is 9.55. The van der Waals surface area contributed by atoms with Crippen LogP contribution in [0, 0.1) is 5.82 Å². The van der Waals surface area contributed by atoms with E-state index >= 15 is 0 Å². The van der Waals surface area contributed by atoms with Gasteiger partial charge in [-0.2, -0.15) is 0 Å². The van der Waals surface area contributed by atoms with Gasteiger partial charge in [-0.15, -0.1) is 0 Å². The molecular weight excluding hydrogens is 209 g/mol. The summed E-state index contributed by atoms with van der Waals surface area (Å²) in [4.78, 5) is 0. The van der Waals surface area contributed by atoms with Crippen LogP contribution in [0.25, 0.3) is 0 Å². The molecule has 1 aliphatic rings. The fraction of sp³-hybridized carbons (Fsp3) is 0.500. The number of hydrogen-bond donors (Lipinski definition) is 1. The molecule has 0 radical (unpaired) electrons. The Balaban J connectivity index is 2.24. The number of methoxy groups -OCH3 is 2. The first-order chi connectivity index (χ1) is 7.74. The first kappa shape index (κ1) is 11.0. The number of rotatable bonds is 4. The molecule has 0 amide bonds. The van der Waals surface area contributed by atoms with Crippen LogP contribution >= 0.6 is 0 Å². The van der Waals surface area contributed by atoms with Crippen LogP contribution in [0.1, 0.15) is 19.3 Å². The zero-order chi connectivity index (χ0) is 11.5. The topological polar surface area (TPSA) is 30.5 Å². The number of ether oxygens (including phenoxy) is 2. The SMILES string of the molecule is COc1cc(OC)c(NC2CCC2)cc1F. The highest BCUT2D eigenvalue weighted by Crippen LogP contribution is 2.34. The molecule has 1 saturated carbocycles. The maximum Gasteiger partial charge on any atom is 0.167 e. The summed E-state index contributed by atoms with van der Waals surface area (Å²) in [6.07, 6.45) is 3.51. The van der Waals surface area contributed by atoms with Crippen molar-refractivity contribution in [1.82, 2.24) is 0 Å². The Morgan fingerprint density at radius 3 is 2.38 bits per heavy atom. The van der Waals surface area contributed by atoms with Gasteiger partial charge in [0.15, 0.2) is 11.6 Å². The fourth-order valence-corrected chi connectivity index (χ4v) is 1.75. The quantitative estimate of drug-likeness (QED) is 0.854. The summed E-state index contributed by atoms with van der Waals surface area (Å²) < 4.78 is 23.6. The van der Waals surface area contributed by atoms with E-state index in [2.05, 4.69) is 5.32 Å². The summed E-state index contributed by atoms with van der Waals surface area (Å²) in [7, 11) is 3.01. The van der Waals surface area contributed by atoms with Crippen molar-refractivity contribution in [3.8, 4) is 11.5 Å². The molecule has 1 aromatic carbocycles. The van der Waals surface area contributed by atoms with Gasteiger partial charge in [-0.3, -0.25) is 0 Å². The van der Waals surface area contributed by atoms with Gasteiger partial charge in [0.2, 0.25) is 0 Å². The zero-order valence-corrected chi connectivity index (χ0v) is 9.55. The molecule has 3 nitrogen and oxygen atoms in total. The van der Waals surface area contributed by atoms with E-state index < -0.39 is 0 Å². The molecule has 0 unspecified atom stereocenters. The molecule has 1 N–H and O–H groups in total. The minimum atomic E-state index is -0.370. The molecule has 1 aromatic rings. The second-order valence-corrected chi connectivity index (χ2v) is 3.96. The summed E-state index contributed by atoms with van der Waals surface area (Å²) in [5.41, 5.74) is 0.700. The summed E-state index contributed by atoms with van der Waals surface area (Å²) in [6.45, 7) is 0. The van der Waals surface area contributed by atoms with Crippen LogP contribution < -0.4 is 14.8 Å². The second kappa shape index (κ2) is 4.60. The van der Waals surface area contributed by atoms with E-state index in [1.165, 1.54) is 19.6 Å². The molecule has 4 heteroatoms. The van der Waals surface area contributed by atoms with Gasteiger partial charge in [0.05, 0.1) is 19.9 Å². The number of anilines is 1. The van der Waals surface area contributed by atoms with E-state index in [1.807, 2.05) is 0 Å². The van der Waals surface area contributed by atoms with E-state index in [4.69, 9.17) is 9.47 Å². The summed E-state index contributed by atoms with van der Waals surface area (Å²) in [5.74, 6) is 0.450. The molecular formula is C12H16FNO2. The van der Waals surface area contributed by atoms with Crippen molar-refractivity contribution in [3.05, 3.63) is 17.9 Å². The van der Waals surface area contributed by atoms with Crippen molar-refractivity contribution in [1.29, 1.82) is 0 Å². The molecule has 0 aliphatic heterocycles. The lowest BCUT2D eigenvalue weighted by molar-refractivity contribution is 0.373. The van der Waals surface area contributed by atoms with Crippen molar-refractivity contribution >= 4 is 5.69 Å². The lowest BCUT2D eigenvalue weighted by Gasteiger charge is -2.28. The number of hydrogen-bond acceptors (Lipinski definition) is 3. The lowest BCUT2D eigenvalue weighted by Crippen LogP contribution is -2.27. The monoisotopic (exact) mass is 225 g/mol. The van der Waals surface area contributed by atoms with Crippen LogP contribution in [0.4, 0.5) is 10.1 Å². The Hall–Kier alpha value is -1.45. The van der Waals surface area contributed by atoms with Crippen molar-refractivity contribution in [2.24, 2.45) is 0 Å². The fourth-order valence-electron chi connectivity index (χ4n) is 1.75. The predicted molar refractivity (Wildman–Crippen MR) is 60.8 cm³/mol. The summed E-state index contributed by atoms with van der Waals surface area (Å²) in [6, 6.07) is 3.44. The standard InChI is InChI=1S/C12H16FNO2/c1-15-11-7-12(16-2)10(6-9(11)13)14-8-4-3-5-8/h6-8,14H,3-5H2,1-2H3. The molecule has 0 atom stereocenters. The van der Waals surface area contributed by atoms with Gasteiger partial charge in [-0.25, -0.2) is 4.39 Å². The van der Waals surface area contributed by atoms with Gasteiger partial charge in [0.25, 0.3) is 0 Å². The highest BCUT2D eigenvalue weighted by atomic mass is 19.1. The van der Waals surface area contributed by atoms with Gasteiger partial charge >= 0.3 is 0 Å². The van der Waals surface area contributed by atoms with Crippen molar-refractivity contribution in [3.63, 3.8) is 0 Å². The Morgan fingerprint density at radius 1 is 1.19 bits per heavy atom. The van der Waals surface area contributed by atoms with Gasteiger partial charge in [-0.05, 0) is 19.3 Å². The van der Waals surface area contributed by atoms with Crippen LogP contribution in [0.3, 0.4) is 0 Å². The molecule has 0 bridgehead atoms. The molecule has 88 valence electrons. The third-order valence-electron chi connectivity index (χ3n) is 2.94. The Bertz CT molecular complexity index is 378. The Kier molecular flexibility index (Phi) is 3.17. The van der Waals surface area contributed by atoms with Crippen LogP contribution in [-0.4, -0.2) is 20.3 Å². The normalized spacial score (nSPS) is 15.4. The van der Waals surface area contributed by atoms with E-state index in [-0.39, 0.29) is 11.6 Å². The minimum absolute atomic E-state index is 0.205. The molecule has 0 heterocycles. The van der Waals surface area contributed by atoms with Crippen molar-refractivity contribution < 1.29 is 13.9 Å². The first-order valence-corrected chi connectivity index (χ1v) is 5.42. The van der Waals surface area contributed by atoms with Gasteiger partial charge < -0.3 is 14.8 Å². The van der Waals surface area contributed by atoms with Crippen LogP contribution in [0.5, 0.6) is 11.5 Å². The van der Waals surface area contributed by atoms with Crippen LogP contribution in [-0.2, 0) is 0 Å². The molecule has 2 rings (SSSR count). The highest BCUT2D eigenvalue weighted by Gasteiger charge is 2.19. The third-order valence-corrected chi connectivity index (χ3v) is 2.94. The molecule has 0 saturated heterocycles. The molecule has 1 aliphatic carbocycles. The smallest absolute Gasteiger partial charge is 0.167 e. The van der Waals surface area contributed by atoms with Gasteiger partial charge in [0.1, 0.15) is 5.75 Å². The number of nitrogens with one attached hydrogen (secondary N) is 1. The van der Waals surface area contributed by atoms with Crippen LogP contribution in [0.2, 0.25) is 0 Å². The molecule has 16 heavy (non-hydrogen) atoms. The third kappa shape index (κ3) is 2.05. The summed E-state index contributed by atoms with van der Waals surface area (Å²) >= 11 is 0. The van der Waals surface area contributed by atoms with Crippen molar-refractivity contribution in [2.75, 3.05) is 19.5 Å². The molecule has 1 fully saturated rings. The second-order valence-electron chi connectivity index (χ2n) is 3.96. The largest absolute Gasteiger partial charge is 0.494 e. The molecule has 0 aromatic heterocycles. The average molecular weight is 225 g/mol. The predicted octanol–water partition coefficient (Wildman–Crippen LogP) is 2.81. The van der Waals surface area contributed by atoms with E-state index in [1.54, 1.807) is 13.2 Å². The van der Waals surface area contributed by atoms with E-state index in [0.717, 1.165) is 12.8 Å². The van der Waals surface area contributed by atoms with Crippen molar-refractivity contribution in [2.45, 2.75) is 25.3 Å². The van der Waals surface area contributed by atoms with Gasteiger partial charge in [0, 0.05) is 18.2 Å². The number of halogens is 1. The summed E-state index contributed by atoms with van der Waals surface area (Å²) in [5, 5.41) is 3.27. The Morgan fingerprint density at radius 2 is 1.88 bits per heavy atom. The number of benzene rings is 1. The lowest BCUT2D eigenvalue weighted by atomic mass is 9.93. The minimum Gasteiger partial charge on any atom is -0.494 e. The average Bonchev–Trinajstić information content (AvgIpc) is 2.23. The molecule has 0 spiro atoms. The van der Waals surface area contributed by atoms with E-state index in [0.29, 0.717) is 17.5 Å². The van der Waals surface area contributed by atoms with E-state index in [9.17, 15) is 4.39 Å². The Labute approximate surface area is 94.6 Å². The first-order valence-electron chi connectivity index (χ1n) is 5.42. The van der Waals surface area contributed by atoms with Crippen LogP contribution in [0.15, 0.2) is 12.1 Å².